The van der Waals surface area contributed by atoms with Crippen LogP contribution in [0.4, 0.5) is 5.69 Å². The van der Waals surface area contributed by atoms with Crippen molar-refractivity contribution < 1.29 is 14.0 Å². The zero-order valence-corrected chi connectivity index (χ0v) is 14.9. The summed E-state index contributed by atoms with van der Waals surface area (Å²) in [6.45, 7) is 1.05. The zero-order chi connectivity index (χ0) is 18.6. The number of nitrogens with zero attached hydrogens (tertiary/aromatic N) is 2. The lowest BCUT2D eigenvalue weighted by Crippen LogP contribution is -2.43. The van der Waals surface area contributed by atoms with Gasteiger partial charge in [-0.15, -0.1) is 0 Å². The van der Waals surface area contributed by atoms with Crippen LogP contribution in [0.1, 0.15) is 23.4 Å². The van der Waals surface area contributed by atoms with Crippen LogP contribution in [0.25, 0.3) is 5.69 Å². The molecule has 4 rings (SSSR count). The second-order valence-electron chi connectivity index (χ2n) is 6.70. The van der Waals surface area contributed by atoms with Gasteiger partial charge in [-0.05, 0) is 55.3 Å². The minimum atomic E-state index is -0.229. The van der Waals surface area contributed by atoms with Crippen LogP contribution >= 0.6 is 0 Å². The molecule has 27 heavy (non-hydrogen) atoms. The van der Waals surface area contributed by atoms with E-state index in [0.717, 1.165) is 24.2 Å². The van der Waals surface area contributed by atoms with E-state index in [-0.39, 0.29) is 17.7 Å². The van der Waals surface area contributed by atoms with E-state index in [4.69, 9.17) is 4.42 Å². The average Bonchev–Trinajstić information content (AvgIpc) is 3.42. The molecule has 1 aliphatic heterocycles. The van der Waals surface area contributed by atoms with Crippen LogP contribution in [0.15, 0.2) is 71.6 Å². The Morgan fingerprint density at radius 3 is 2.70 bits per heavy atom. The third-order valence-corrected chi connectivity index (χ3v) is 4.83. The predicted octanol–water partition coefficient (Wildman–Crippen LogP) is 3.56. The lowest BCUT2D eigenvalue weighted by Gasteiger charge is -2.31. The quantitative estimate of drug-likeness (QED) is 0.771. The maximum Gasteiger partial charge on any atom is 0.289 e. The molecule has 3 heterocycles. The van der Waals surface area contributed by atoms with Crippen molar-refractivity contribution in [3.8, 4) is 5.69 Å². The molecule has 2 amide bonds. The van der Waals surface area contributed by atoms with Gasteiger partial charge in [0.15, 0.2) is 5.76 Å². The van der Waals surface area contributed by atoms with Gasteiger partial charge < -0.3 is 19.2 Å². The van der Waals surface area contributed by atoms with E-state index in [2.05, 4.69) is 5.32 Å². The number of hydrogen-bond donors (Lipinski definition) is 1. The molecule has 1 N–H and O–H groups in total. The van der Waals surface area contributed by atoms with E-state index < -0.39 is 0 Å². The van der Waals surface area contributed by atoms with Gasteiger partial charge in [-0.3, -0.25) is 9.59 Å². The highest BCUT2D eigenvalue weighted by Crippen LogP contribution is 2.22. The van der Waals surface area contributed by atoms with E-state index in [1.807, 2.05) is 53.4 Å². The number of likely N-dealkylation sites (tertiary alicyclic amines) is 1. The number of benzene rings is 1. The van der Waals surface area contributed by atoms with Crippen molar-refractivity contribution in [2.45, 2.75) is 12.8 Å². The summed E-state index contributed by atoms with van der Waals surface area (Å²) in [7, 11) is 0. The summed E-state index contributed by atoms with van der Waals surface area (Å²) in [6, 6.07) is 15.0. The molecule has 1 fully saturated rings. The predicted molar refractivity (Wildman–Crippen MR) is 102 cm³/mol. The van der Waals surface area contributed by atoms with Crippen LogP contribution in [0.3, 0.4) is 0 Å². The minimum absolute atomic E-state index is 0.0587. The van der Waals surface area contributed by atoms with Crippen molar-refractivity contribution in [3.63, 3.8) is 0 Å². The number of aromatic nitrogens is 1. The van der Waals surface area contributed by atoms with Gasteiger partial charge in [0.05, 0.1) is 12.2 Å². The fraction of sp³-hybridized carbons (Fsp3) is 0.238. The second kappa shape index (κ2) is 7.53. The molecule has 0 radical (unpaired) electrons. The van der Waals surface area contributed by atoms with Crippen LogP contribution in [0.2, 0.25) is 0 Å². The molecule has 0 aliphatic carbocycles. The highest BCUT2D eigenvalue weighted by molar-refractivity contribution is 5.95. The van der Waals surface area contributed by atoms with Crippen molar-refractivity contribution in [3.05, 3.63) is 72.9 Å². The first kappa shape index (κ1) is 17.1. The van der Waals surface area contributed by atoms with Gasteiger partial charge in [-0.25, -0.2) is 0 Å². The van der Waals surface area contributed by atoms with Crippen LogP contribution < -0.4 is 5.32 Å². The van der Waals surface area contributed by atoms with Crippen LogP contribution in [0.5, 0.6) is 0 Å². The molecule has 138 valence electrons. The number of carbonyl (C=O) groups is 2. The van der Waals surface area contributed by atoms with Gasteiger partial charge in [0.1, 0.15) is 0 Å². The molecule has 6 nitrogen and oxygen atoms in total. The van der Waals surface area contributed by atoms with Gasteiger partial charge in [-0.2, -0.15) is 0 Å². The van der Waals surface area contributed by atoms with Gasteiger partial charge in [0, 0.05) is 36.9 Å². The fourth-order valence-electron chi connectivity index (χ4n) is 3.43. The maximum absolute atomic E-state index is 12.7. The van der Waals surface area contributed by atoms with E-state index >= 15 is 0 Å². The minimum Gasteiger partial charge on any atom is -0.459 e. The Kier molecular flexibility index (Phi) is 4.78. The molecule has 2 aromatic heterocycles. The molecule has 1 aromatic carbocycles. The first-order valence-electron chi connectivity index (χ1n) is 9.08. The molecular weight excluding hydrogens is 342 g/mol. The van der Waals surface area contributed by atoms with Gasteiger partial charge in [-0.1, -0.05) is 6.07 Å². The van der Waals surface area contributed by atoms with Crippen LogP contribution in [0, 0.1) is 5.92 Å². The van der Waals surface area contributed by atoms with Gasteiger partial charge in [0.25, 0.3) is 5.91 Å². The Balaban J connectivity index is 1.42. The molecular formula is C21H21N3O3. The molecule has 1 aliphatic rings. The van der Waals surface area contributed by atoms with Gasteiger partial charge in [0.2, 0.25) is 5.91 Å². The van der Waals surface area contributed by atoms with E-state index in [1.54, 1.807) is 17.0 Å². The molecule has 6 heteroatoms. The molecule has 1 saturated heterocycles. The molecule has 3 aromatic rings. The summed E-state index contributed by atoms with van der Waals surface area (Å²) in [5, 5.41) is 2.99. The SMILES string of the molecule is O=C(Nc1cccc(-n2cccc2)c1)C1CCCN(C(=O)c2ccco2)C1. The Labute approximate surface area is 157 Å². The summed E-state index contributed by atoms with van der Waals surface area (Å²) >= 11 is 0. The largest absolute Gasteiger partial charge is 0.459 e. The normalized spacial score (nSPS) is 16.9. The molecule has 0 spiro atoms. The number of amides is 2. The maximum atomic E-state index is 12.7. The van der Waals surface area contributed by atoms with Crippen molar-refractivity contribution >= 4 is 17.5 Å². The lowest BCUT2D eigenvalue weighted by atomic mass is 9.96. The summed E-state index contributed by atoms with van der Waals surface area (Å²) in [6.07, 6.45) is 6.97. The number of nitrogens with one attached hydrogen (secondary N) is 1. The van der Waals surface area contributed by atoms with Crippen molar-refractivity contribution in [1.29, 1.82) is 0 Å². The molecule has 1 atom stereocenters. The first-order valence-corrected chi connectivity index (χ1v) is 9.08. The summed E-state index contributed by atoms with van der Waals surface area (Å²) in [5.74, 6) is -0.132. The highest BCUT2D eigenvalue weighted by atomic mass is 16.3. The zero-order valence-electron chi connectivity index (χ0n) is 14.9. The smallest absolute Gasteiger partial charge is 0.289 e. The number of anilines is 1. The lowest BCUT2D eigenvalue weighted by molar-refractivity contribution is -0.121. The Hall–Kier alpha value is -3.28. The molecule has 1 unspecified atom stereocenters. The molecule has 0 saturated carbocycles. The van der Waals surface area contributed by atoms with E-state index in [0.29, 0.717) is 18.8 Å². The fourth-order valence-corrected chi connectivity index (χ4v) is 3.43. The van der Waals surface area contributed by atoms with Crippen molar-refractivity contribution in [2.24, 2.45) is 5.92 Å². The van der Waals surface area contributed by atoms with Crippen molar-refractivity contribution in [2.75, 3.05) is 18.4 Å². The van der Waals surface area contributed by atoms with Crippen LogP contribution in [-0.4, -0.2) is 34.4 Å². The Morgan fingerprint density at radius 1 is 1.07 bits per heavy atom. The summed E-state index contributed by atoms with van der Waals surface area (Å²) in [5.41, 5.74) is 1.73. The average molecular weight is 363 g/mol. The second-order valence-corrected chi connectivity index (χ2v) is 6.70. The summed E-state index contributed by atoms with van der Waals surface area (Å²) < 4.78 is 7.18. The third-order valence-electron chi connectivity index (χ3n) is 4.83. The number of furan rings is 1. The topological polar surface area (TPSA) is 67.5 Å². The number of rotatable bonds is 4. The van der Waals surface area contributed by atoms with Crippen LogP contribution in [-0.2, 0) is 4.79 Å². The Bertz CT molecular complexity index is 916. The van der Waals surface area contributed by atoms with E-state index in [1.165, 1.54) is 6.26 Å². The Morgan fingerprint density at radius 2 is 1.93 bits per heavy atom. The number of hydrogen-bond acceptors (Lipinski definition) is 3. The first-order chi connectivity index (χ1) is 13.2. The molecule has 0 bridgehead atoms. The van der Waals surface area contributed by atoms with Gasteiger partial charge >= 0.3 is 0 Å². The van der Waals surface area contributed by atoms with E-state index in [9.17, 15) is 9.59 Å². The highest BCUT2D eigenvalue weighted by Gasteiger charge is 2.29. The standard InChI is InChI=1S/C21H21N3O3/c25-20(22-17-7-3-8-18(14-17)23-10-1-2-11-23)16-6-4-12-24(15-16)21(26)19-9-5-13-27-19/h1-3,5,7-11,13-14,16H,4,6,12,15H2,(H,22,25). The summed E-state index contributed by atoms with van der Waals surface area (Å²) in [4.78, 5) is 26.9. The van der Waals surface area contributed by atoms with Crippen molar-refractivity contribution in [1.82, 2.24) is 9.47 Å². The third kappa shape index (κ3) is 3.79. The number of piperidine rings is 1. The number of carbonyl (C=O) groups excluding carboxylic acids is 2. The monoisotopic (exact) mass is 363 g/mol.